The molecule has 1 amide bonds. The molecule has 24 heavy (non-hydrogen) atoms. The van der Waals surface area contributed by atoms with E-state index in [2.05, 4.69) is 16.8 Å². The number of hydrogen-bond donors (Lipinski definition) is 0. The number of rotatable bonds is 3. The van der Waals surface area contributed by atoms with Crippen LogP contribution in [0.5, 0.6) is 11.5 Å². The van der Waals surface area contributed by atoms with Crippen molar-refractivity contribution in [3.8, 4) is 11.5 Å². The van der Waals surface area contributed by atoms with Crippen molar-refractivity contribution >= 4 is 5.91 Å². The van der Waals surface area contributed by atoms with Crippen LogP contribution < -0.4 is 9.47 Å². The van der Waals surface area contributed by atoms with Gasteiger partial charge in [0.1, 0.15) is 0 Å². The molecule has 5 heteroatoms. The summed E-state index contributed by atoms with van der Waals surface area (Å²) in [7, 11) is 2.19. The van der Waals surface area contributed by atoms with Crippen LogP contribution in [0, 0.1) is 5.41 Å². The number of hydrogen-bond acceptors (Lipinski definition) is 4. The number of fused-ring (bicyclic) bond motifs is 1. The Bertz CT molecular complexity index is 623. The van der Waals surface area contributed by atoms with E-state index < -0.39 is 0 Å². The molecule has 130 valence electrons. The van der Waals surface area contributed by atoms with E-state index in [1.807, 2.05) is 18.2 Å². The molecule has 1 spiro atoms. The highest BCUT2D eigenvalue weighted by atomic mass is 16.7. The predicted molar refractivity (Wildman–Crippen MR) is 91.2 cm³/mol. The van der Waals surface area contributed by atoms with E-state index in [0.29, 0.717) is 24.5 Å². The Balaban J connectivity index is 1.31. The van der Waals surface area contributed by atoms with Crippen LogP contribution in [0.25, 0.3) is 0 Å². The molecule has 2 fully saturated rings. The van der Waals surface area contributed by atoms with Crippen molar-refractivity contribution in [3.63, 3.8) is 0 Å². The summed E-state index contributed by atoms with van der Waals surface area (Å²) >= 11 is 0. The van der Waals surface area contributed by atoms with Gasteiger partial charge in [0.25, 0.3) is 0 Å². The number of ether oxygens (including phenoxy) is 2. The Morgan fingerprint density at radius 1 is 1.12 bits per heavy atom. The predicted octanol–water partition coefficient (Wildman–Crippen LogP) is 2.29. The molecule has 0 bridgehead atoms. The summed E-state index contributed by atoms with van der Waals surface area (Å²) in [5.74, 6) is 1.89. The molecular weight excluding hydrogens is 304 g/mol. The maximum atomic E-state index is 12.6. The Hall–Kier alpha value is -1.75. The SMILES string of the molecule is CN1CCC2(CC1)CCN(C(=O)CCc1ccc3c(c1)OCO3)C2. The minimum Gasteiger partial charge on any atom is -0.454 e. The van der Waals surface area contributed by atoms with E-state index in [0.717, 1.165) is 36.6 Å². The Morgan fingerprint density at radius 3 is 2.71 bits per heavy atom. The van der Waals surface area contributed by atoms with Crippen LogP contribution in [0.15, 0.2) is 18.2 Å². The van der Waals surface area contributed by atoms with Crippen LogP contribution >= 0.6 is 0 Å². The summed E-state index contributed by atoms with van der Waals surface area (Å²) in [5.41, 5.74) is 1.53. The van der Waals surface area contributed by atoms with Gasteiger partial charge < -0.3 is 19.3 Å². The standard InChI is InChI=1S/C19H26N2O3/c1-20-9-6-19(7-10-20)8-11-21(13-19)18(22)5-3-15-2-4-16-17(12-15)24-14-23-16/h2,4,12H,3,5-11,13-14H2,1H3. The average molecular weight is 330 g/mol. The van der Waals surface area contributed by atoms with Gasteiger partial charge in [-0.05, 0) is 68.9 Å². The van der Waals surface area contributed by atoms with E-state index in [1.165, 1.54) is 32.4 Å². The highest BCUT2D eigenvalue weighted by Gasteiger charge is 2.41. The number of nitrogens with zero attached hydrogens (tertiary/aromatic N) is 2. The summed E-state index contributed by atoms with van der Waals surface area (Å²) in [5, 5.41) is 0. The third kappa shape index (κ3) is 3.09. The molecule has 1 aromatic carbocycles. The topological polar surface area (TPSA) is 42.0 Å². The Morgan fingerprint density at radius 2 is 1.88 bits per heavy atom. The molecule has 4 rings (SSSR count). The van der Waals surface area contributed by atoms with Gasteiger partial charge in [0.05, 0.1) is 0 Å². The van der Waals surface area contributed by atoms with Crippen molar-refractivity contribution in [2.24, 2.45) is 5.41 Å². The van der Waals surface area contributed by atoms with E-state index in [4.69, 9.17) is 9.47 Å². The second-order valence-electron chi connectivity index (χ2n) is 7.56. The first-order chi connectivity index (χ1) is 11.6. The third-order valence-corrected chi connectivity index (χ3v) is 5.90. The van der Waals surface area contributed by atoms with Gasteiger partial charge >= 0.3 is 0 Å². The molecule has 0 N–H and O–H groups in total. The molecule has 0 aromatic heterocycles. The van der Waals surface area contributed by atoms with Gasteiger partial charge in [0.15, 0.2) is 11.5 Å². The first-order valence-electron chi connectivity index (χ1n) is 8.98. The van der Waals surface area contributed by atoms with E-state index >= 15 is 0 Å². The van der Waals surface area contributed by atoms with Crippen LogP contribution in [0.3, 0.4) is 0 Å². The van der Waals surface area contributed by atoms with Crippen LogP contribution in [-0.4, -0.2) is 55.7 Å². The zero-order valence-electron chi connectivity index (χ0n) is 14.4. The zero-order chi connectivity index (χ0) is 16.6. The lowest BCUT2D eigenvalue weighted by Crippen LogP contribution is -2.40. The van der Waals surface area contributed by atoms with Crippen molar-refractivity contribution in [2.75, 3.05) is 40.0 Å². The maximum Gasteiger partial charge on any atom is 0.231 e. The summed E-state index contributed by atoms with van der Waals surface area (Å²) in [6, 6.07) is 5.97. The first kappa shape index (κ1) is 15.8. The second kappa shape index (κ2) is 6.28. The molecule has 5 nitrogen and oxygen atoms in total. The van der Waals surface area contributed by atoms with Gasteiger partial charge in [-0.1, -0.05) is 6.07 Å². The van der Waals surface area contributed by atoms with E-state index in [-0.39, 0.29) is 0 Å². The molecule has 0 atom stereocenters. The normalized spacial score (nSPS) is 22.3. The second-order valence-corrected chi connectivity index (χ2v) is 7.56. The lowest BCUT2D eigenvalue weighted by Gasteiger charge is -2.37. The Kier molecular flexibility index (Phi) is 4.12. The van der Waals surface area contributed by atoms with Gasteiger partial charge in [-0.25, -0.2) is 0 Å². The average Bonchev–Trinajstić information content (AvgIpc) is 3.22. The van der Waals surface area contributed by atoms with E-state index in [9.17, 15) is 4.79 Å². The maximum absolute atomic E-state index is 12.6. The molecule has 3 heterocycles. The largest absolute Gasteiger partial charge is 0.454 e. The minimum atomic E-state index is 0.294. The fraction of sp³-hybridized carbons (Fsp3) is 0.632. The summed E-state index contributed by atoms with van der Waals surface area (Å²) in [6.07, 6.45) is 4.98. The number of likely N-dealkylation sites (tertiary alicyclic amines) is 2. The van der Waals surface area contributed by atoms with Gasteiger partial charge in [-0.2, -0.15) is 0 Å². The van der Waals surface area contributed by atoms with E-state index in [1.54, 1.807) is 0 Å². The number of carbonyl (C=O) groups excluding carboxylic acids is 1. The molecule has 2 saturated heterocycles. The Labute approximate surface area is 143 Å². The molecular formula is C19H26N2O3. The number of benzene rings is 1. The minimum absolute atomic E-state index is 0.294. The van der Waals surface area contributed by atoms with Gasteiger partial charge in [-0.3, -0.25) is 4.79 Å². The van der Waals surface area contributed by atoms with Gasteiger partial charge in [0, 0.05) is 19.5 Å². The molecule has 0 saturated carbocycles. The molecule has 3 aliphatic rings. The van der Waals surface area contributed by atoms with Crippen molar-refractivity contribution < 1.29 is 14.3 Å². The van der Waals surface area contributed by atoms with Crippen LogP contribution in [0.4, 0.5) is 0 Å². The summed E-state index contributed by atoms with van der Waals surface area (Å²) < 4.78 is 10.7. The monoisotopic (exact) mass is 330 g/mol. The highest BCUT2D eigenvalue weighted by molar-refractivity contribution is 5.77. The van der Waals surface area contributed by atoms with Crippen LogP contribution in [0.2, 0.25) is 0 Å². The van der Waals surface area contributed by atoms with Gasteiger partial charge in [0.2, 0.25) is 12.7 Å². The van der Waals surface area contributed by atoms with Crippen LogP contribution in [0.1, 0.15) is 31.2 Å². The quantitative estimate of drug-likeness (QED) is 0.853. The molecule has 3 aliphatic heterocycles. The van der Waals surface area contributed by atoms with Crippen molar-refractivity contribution in [1.29, 1.82) is 0 Å². The third-order valence-electron chi connectivity index (χ3n) is 5.90. The first-order valence-corrected chi connectivity index (χ1v) is 8.98. The molecule has 0 radical (unpaired) electrons. The van der Waals surface area contributed by atoms with Crippen molar-refractivity contribution in [1.82, 2.24) is 9.80 Å². The molecule has 0 unspecified atom stereocenters. The number of carbonyl (C=O) groups is 1. The zero-order valence-corrected chi connectivity index (χ0v) is 14.4. The lowest BCUT2D eigenvalue weighted by atomic mass is 9.78. The fourth-order valence-electron chi connectivity index (χ4n) is 4.15. The van der Waals surface area contributed by atoms with Crippen molar-refractivity contribution in [3.05, 3.63) is 23.8 Å². The summed E-state index contributed by atoms with van der Waals surface area (Å²) in [4.78, 5) is 17.1. The fourth-order valence-corrected chi connectivity index (χ4v) is 4.15. The molecule has 0 aliphatic carbocycles. The lowest BCUT2D eigenvalue weighted by molar-refractivity contribution is -0.130. The number of amides is 1. The number of piperidine rings is 1. The number of aryl methyl sites for hydroxylation is 1. The van der Waals surface area contributed by atoms with Crippen LogP contribution in [-0.2, 0) is 11.2 Å². The smallest absolute Gasteiger partial charge is 0.231 e. The highest BCUT2D eigenvalue weighted by Crippen LogP contribution is 2.40. The summed E-state index contributed by atoms with van der Waals surface area (Å²) in [6.45, 7) is 4.52. The van der Waals surface area contributed by atoms with Crippen molar-refractivity contribution in [2.45, 2.75) is 32.1 Å². The van der Waals surface area contributed by atoms with Gasteiger partial charge in [-0.15, -0.1) is 0 Å². The molecule has 1 aromatic rings.